The van der Waals surface area contributed by atoms with Gasteiger partial charge in [0, 0.05) is 12.1 Å². The molecule has 0 radical (unpaired) electrons. The minimum atomic E-state index is -0.405. The highest BCUT2D eigenvalue weighted by Crippen LogP contribution is 2.60. The van der Waals surface area contributed by atoms with Gasteiger partial charge >= 0.3 is 0 Å². The van der Waals surface area contributed by atoms with E-state index in [0.717, 1.165) is 37.9 Å². The first-order valence-corrected chi connectivity index (χ1v) is 10.7. The Morgan fingerprint density at radius 2 is 1.83 bits per heavy atom. The fourth-order valence-corrected chi connectivity index (χ4v) is 6.37. The second kappa shape index (κ2) is 6.84. The molecular formula is C24H27NO4. The predicted octanol–water partition coefficient (Wildman–Crippen LogP) is 5.60. The molecule has 0 aliphatic heterocycles. The summed E-state index contributed by atoms with van der Waals surface area (Å²) in [4.78, 5) is 10.4. The Kier molecular flexibility index (Phi) is 4.39. The van der Waals surface area contributed by atoms with Crippen LogP contribution < -0.4 is 4.74 Å². The van der Waals surface area contributed by atoms with Crippen molar-refractivity contribution >= 4 is 5.69 Å². The number of fused-ring (bicyclic) bond motifs is 5. The lowest BCUT2D eigenvalue weighted by atomic mass is 9.55. The van der Waals surface area contributed by atoms with Gasteiger partial charge in [-0.3, -0.25) is 10.1 Å². The molecule has 2 aromatic rings. The van der Waals surface area contributed by atoms with Gasteiger partial charge < -0.3 is 9.84 Å². The molecule has 0 amide bonds. The van der Waals surface area contributed by atoms with Crippen molar-refractivity contribution < 1.29 is 14.8 Å². The lowest BCUT2D eigenvalue weighted by Crippen LogP contribution is -2.43. The molecule has 3 aliphatic carbocycles. The Labute approximate surface area is 170 Å². The molecule has 2 aromatic carbocycles. The lowest BCUT2D eigenvalue weighted by molar-refractivity contribution is -0.384. The molecule has 29 heavy (non-hydrogen) atoms. The van der Waals surface area contributed by atoms with Crippen LogP contribution >= 0.6 is 0 Å². The molecule has 152 valence electrons. The average molecular weight is 393 g/mol. The van der Waals surface area contributed by atoms with E-state index in [9.17, 15) is 15.2 Å². The summed E-state index contributed by atoms with van der Waals surface area (Å²) in [5.41, 5.74) is 3.00. The van der Waals surface area contributed by atoms with Crippen LogP contribution in [0.5, 0.6) is 11.5 Å². The molecule has 0 heterocycles. The van der Waals surface area contributed by atoms with E-state index in [1.54, 1.807) is 12.1 Å². The second-order valence-electron chi connectivity index (χ2n) is 9.27. The number of non-ortho nitro benzene ring substituents is 1. The fourth-order valence-electron chi connectivity index (χ4n) is 6.37. The number of hydrogen-bond donors (Lipinski definition) is 1. The molecule has 5 unspecified atom stereocenters. The standard InChI is InChI=1S/C24H27NO4/c1-24-13-12-20-19-9-7-18(29-17-5-3-16(4-6-17)25(27)28)14-15(19)2-8-21(20)22(24)10-11-23(24)26/h3-7,9,14,20-23,26H,2,8,10-13H2,1H3. The Hall–Kier alpha value is -2.40. The SMILES string of the molecule is CC12CCC3c4ccc(Oc5ccc([N+](=O)[O-])cc5)cc4CCC3C1CCC2O. The molecule has 2 saturated carbocycles. The van der Waals surface area contributed by atoms with Gasteiger partial charge in [-0.05, 0) is 97.1 Å². The van der Waals surface area contributed by atoms with E-state index in [-0.39, 0.29) is 17.2 Å². The smallest absolute Gasteiger partial charge is 0.269 e. The molecule has 3 aliphatic rings. The highest BCUT2D eigenvalue weighted by atomic mass is 16.6. The highest BCUT2D eigenvalue weighted by Gasteiger charge is 2.54. The van der Waals surface area contributed by atoms with Crippen LogP contribution in [0.1, 0.15) is 56.1 Å². The van der Waals surface area contributed by atoms with Crippen LogP contribution in [-0.4, -0.2) is 16.1 Å². The maximum Gasteiger partial charge on any atom is 0.269 e. The number of ether oxygens (including phenoxy) is 1. The number of nitro benzene ring substituents is 1. The van der Waals surface area contributed by atoms with Crippen LogP contribution in [0.3, 0.4) is 0 Å². The van der Waals surface area contributed by atoms with E-state index in [1.807, 2.05) is 6.07 Å². The van der Waals surface area contributed by atoms with Crippen LogP contribution in [0.25, 0.3) is 0 Å². The minimum absolute atomic E-state index is 0.0650. The van der Waals surface area contributed by atoms with E-state index in [0.29, 0.717) is 23.5 Å². The van der Waals surface area contributed by atoms with Gasteiger partial charge in [0.05, 0.1) is 11.0 Å². The minimum Gasteiger partial charge on any atom is -0.457 e. The van der Waals surface area contributed by atoms with Gasteiger partial charge in [-0.2, -0.15) is 0 Å². The average Bonchev–Trinajstić information content (AvgIpc) is 3.03. The summed E-state index contributed by atoms with van der Waals surface area (Å²) in [5, 5.41) is 21.3. The molecule has 5 nitrogen and oxygen atoms in total. The molecule has 0 spiro atoms. The number of nitro groups is 1. The monoisotopic (exact) mass is 393 g/mol. The Morgan fingerprint density at radius 3 is 2.59 bits per heavy atom. The number of nitrogens with zero attached hydrogens (tertiary/aromatic N) is 1. The van der Waals surface area contributed by atoms with Crippen LogP contribution in [0.15, 0.2) is 42.5 Å². The number of rotatable bonds is 3. The molecular weight excluding hydrogens is 366 g/mol. The maximum absolute atomic E-state index is 10.8. The van der Waals surface area contributed by atoms with Crippen LogP contribution in [0, 0.1) is 27.4 Å². The first kappa shape index (κ1) is 18.6. The van der Waals surface area contributed by atoms with Gasteiger partial charge in [-0.25, -0.2) is 0 Å². The quantitative estimate of drug-likeness (QED) is 0.544. The van der Waals surface area contributed by atoms with E-state index in [2.05, 4.69) is 19.1 Å². The number of aliphatic hydroxyl groups is 1. The van der Waals surface area contributed by atoms with Crippen molar-refractivity contribution in [2.24, 2.45) is 17.3 Å². The van der Waals surface area contributed by atoms with Crippen molar-refractivity contribution in [1.29, 1.82) is 0 Å². The number of hydrogen-bond acceptors (Lipinski definition) is 4. The Bertz CT molecular complexity index is 940. The van der Waals surface area contributed by atoms with Crippen molar-refractivity contribution in [1.82, 2.24) is 0 Å². The first-order chi connectivity index (χ1) is 14.0. The zero-order valence-electron chi connectivity index (χ0n) is 16.7. The summed E-state index contributed by atoms with van der Waals surface area (Å²) in [6.07, 6.45) is 6.49. The van der Waals surface area contributed by atoms with Gasteiger partial charge in [0.25, 0.3) is 5.69 Å². The Morgan fingerprint density at radius 1 is 1.07 bits per heavy atom. The van der Waals surface area contributed by atoms with E-state index in [4.69, 9.17) is 4.74 Å². The van der Waals surface area contributed by atoms with Gasteiger partial charge in [0.15, 0.2) is 0 Å². The largest absolute Gasteiger partial charge is 0.457 e. The summed E-state index contributed by atoms with van der Waals surface area (Å²) in [6, 6.07) is 12.6. The fraction of sp³-hybridized carbons (Fsp3) is 0.500. The Balaban J connectivity index is 1.36. The number of benzene rings is 2. The van der Waals surface area contributed by atoms with Crippen molar-refractivity contribution in [3.05, 3.63) is 63.7 Å². The van der Waals surface area contributed by atoms with Crippen molar-refractivity contribution in [2.45, 2.75) is 57.5 Å². The second-order valence-corrected chi connectivity index (χ2v) is 9.27. The van der Waals surface area contributed by atoms with Crippen LogP contribution in [-0.2, 0) is 6.42 Å². The molecule has 5 heteroatoms. The molecule has 0 aromatic heterocycles. The van der Waals surface area contributed by atoms with Gasteiger partial charge in [-0.1, -0.05) is 13.0 Å². The molecule has 2 fully saturated rings. The molecule has 5 rings (SSSR count). The summed E-state index contributed by atoms with van der Waals surface area (Å²) < 4.78 is 5.96. The molecule has 0 saturated heterocycles. The maximum atomic E-state index is 10.8. The van der Waals surface area contributed by atoms with E-state index in [1.165, 1.54) is 29.7 Å². The summed E-state index contributed by atoms with van der Waals surface area (Å²) in [7, 11) is 0. The number of aryl methyl sites for hydroxylation is 1. The molecule has 0 bridgehead atoms. The summed E-state index contributed by atoms with van der Waals surface area (Å²) in [5.74, 6) is 3.31. The summed E-state index contributed by atoms with van der Waals surface area (Å²) >= 11 is 0. The third kappa shape index (κ3) is 3.03. The van der Waals surface area contributed by atoms with Crippen molar-refractivity contribution in [2.75, 3.05) is 0 Å². The van der Waals surface area contributed by atoms with Gasteiger partial charge in [0.1, 0.15) is 11.5 Å². The normalized spacial score (nSPS) is 32.8. The van der Waals surface area contributed by atoms with Crippen molar-refractivity contribution in [3.63, 3.8) is 0 Å². The molecule has 5 atom stereocenters. The topological polar surface area (TPSA) is 72.6 Å². The van der Waals surface area contributed by atoms with Gasteiger partial charge in [0.2, 0.25) is 0 Å². The van der Waals surface area contributed by atoms with Crippen LogP contribution in [0.2, 0.25) is 0 Å². The lowest BCUT2D eigenvalue weighted by Gasteiger charge is -2.50. The number of aliphatic hydroxyl groups excluding tert-OH is 1. The van der Waals surface area contributed by atoms with E-state index < -0.39 is 4.92 Å². The van der Waals surface area contributed by atoms with E-state index >= 15 is 0 Å². The summed E-state index contributed by atoms with van der Waals surface area (Å²) in [6.45, 7) is 2.31. The van der Waals surface area contributed by atoms with Crippen LogP contribution in [0.4, 0.5) is 5.69 Å². The first-order valence-electron chi connectivity index (χ1n) is 10.7. The molecule has 1 N–H and O–H groups in total. The van der Waals surface area contributed by atoms with Crippen molar-refractivity contribution in [3.8, 4) is 11.5 Å². The highest BCUT2D eigenvalue weighted by molar-refractivity contribution is 5.43. The third-order valence-electron chi connectivity index (χ3n) is 7.93. The zero-order chi connectivity index (χ0) is 20.2. The third-order valence-corrected chi connectivity index (χ3v) is 7.93. The predicted molar refractivity (Wildman–Crippen MR) is 110 cm³/mol. The zero-order valence-corrected chi connectivity index (χ0v) is 16.7. The van der Waals surface area contributed by atoms with Gasteiger partial charge in [-0.15, -0.1) is 0 Å².